The molecule has 0 rings (SSSR count). The Bertz CT molecular complexity index is 233. The highest BCUT2D eigenvalue weighted by molar-refractivity contribution is 5.68. The third-order valence-corrected chi connectivity index (χ3v) is 0.964. The average molecular weight is 232 g/mol. The number of carboxylic acid groups (broad SMARTS) is 1. The van der Waals surface area contributed by atoms with Crippen LogP contribution in [-0.2, 0) is 9.53 Å². The van der Waals surface area contributed by atoms with Crippen LogP contribution in [0.2, 0.25) is 0 Å². The molecule has 0 saturated heterocycles. The summed E-state index contributed by atoms with van der Waals surface area (Å²) in [5.41, 5.74) is 4.15. The molecule has 0 aliphatic carbocycles. The lowest BCUT2D eigenvalue weighted by Crippen LogP contribution is -2.32. The summed E-state index contributed by atoms with van der Waals surface area (Å²) in [5, 5.41) is 10.1. The number of rotatable bonds is 3. The summed E-state index contributed by atoms with van der Waals surface area (Å²) in [6.07, 6.45) is 1.20. The topological polar surface area (TPSA) is 102 Å². The van der Waals surface area contributed by atoms with E-state index in [9.17, 15) is 9.59 Å². The monoisotopic (exact) mass is 232 g/mol. The zero-order chi connectivity index (χ0) is 13.2. The lowest BCUT2D eigenvalue weighted by Gasteiger charge is -2.19. The Morgan fingerprint density at radius 2 is 1.94 bits per heavy atom. The summed E-state index contributed by atoms with van der Waals surface area (Å²) in [4.78, 5) is 20.1. The molecule has 0 aromatic rings. The Hall–Kier alpha value is -1.56. The van der Waals surface area contributed by atoms with Gasteiger partial charge in [0.25, 0.3) is 0 Å². The van der Waals surface area contributed by atoms with Crippen molar-refractivity contribution >= 4 is 12.1 Å². The summed E-state index contributed by atoms with van der Waals surface area (Å²) < 4.78 is 4.94. The molecule has 16 heavy (non-hydrogen) atoms. The molecule has 0 saturated carbocycles. The van der Waals surface area contributed by atoms with Crippen molar-refractivity contribution in [3.8, 4) is 0 Å². The minimum absolute atomic E-state index is 0.278. The predicted molar refractivity (Wildman–Crippen MR) is 61.1 cm³/mol. The van der Waals surface area contributed by atoms with Crippen molar-refractivity contribution in [2.24, 2.45) is 5.73 Å². The van der Waals surface area contributed by atoms with Crippen molar-refractivity contribution in [3.05, 3.63) is 12.7 Å². The van der Waals surface area contributed by atoms with Gasteiger partial charge in [-0.1, -0.05) is 6.08 Å². The number of carboxylic acids is 1. The van der Waals surface area contributed by atoms with Crippen LogP contribution >= 0.6 is 0 Å². The highest BCUT2D eigenvalue weighted by atomic mass is 16.6. The van der Waals surface area contributed by atoms with Crippen LogP contribution in [0.3, 0.4) is 0 Å². The number of carbonyl (C=O) groups excluding carboxylic acids is 1. The lowest BCUT2D eigenvalue weighted by molar-refractivity contribution is -0.135. The standard InChI is InChI=1S/C8H15NO2.C2H5NO2/c1-5-6-9-7(10)11-8(2,3)4;3-1-2(4)5/h5H,1,6H2,2-4H3,(H,9,10);1,3H2,(H,4,5). The van der Waals surface area contributed by atoms with Gasteiger partial charge in [0.2, 0.25) is 0 Å². The van der Waals surface area contributed by atoms with Crippen molar-refractivity contribution in [1.29, 1.82) is 0 Å². The van der Waals surface area contributed by atoms with Crippen LogP contribution in [0, 0.1) is 0 Å². The van der Waals surface area contributed by atoms with E-state index in [1.165, 1.54) is 0 Å². The highest BCUT2D eigenvalue weighted by Gasteiger charge is 2.14. The van der Waals surface area contributed by atoms with Crippen molar-refractivity contribution in [1.82, 2.24) is 5.32 Å². The van der Waals surface area contributed by atoms with Crippen molar-refractivity contribution in [2.75, 3.05) is 13.1 Å². The number of ether oxygens (including phenoxy) is 1. The van der Waals surface area contributed by atoms with Crippen LogP contribution in [0.25, 0.3) is 0 Å². The average Bonchev–Trinajstić information content (AvgIpc) is 2.13. The number of nitrogens with two attached hydrogens (primary N) is 1. The first-order chi connectivity index (χ1) is 7.22. The first-order valence-electron chi connectivity index (χ1n) is 4.72. The molecule has 1 amide bonds. The predicted octanol–water partition coefficient (Wildman–Crippen LogP) is 0.727. The first-order valence-corrected chi connectivity index (χ1v) is 4.72. The number of alkyl carbamates (subject to hydrolysis) is 1. The van der Waals surface area contributed by atoms with Gasteiger partial charge >= 0.3 is 12.1 Å². The van der Waals surface area contributed by atoms with Crippen LogP contribution in [-0.4, -0.2) is 35.9 Å². The maximum atomic E-state index is 10.8. The molecule has 0 fully saturated rings. The molecule has 0 atom stereocenters. The Kier molecular flexibility index (Phi) is 9.19. The second kappa shape index (κ2) is 8.72. The van der Waals surface area contributed by atoms with E-state index in [-0.39, 0.29) is 6.54 Å². The molecular formula is C10H20N2O4. The van der Waals surface area contributed by atoms with Crippen molar-refractivity contribution in [3.63, 3.8) is 0 Å². The normalized spacial score (nSPS) is 9.50. The number of carbonyl (C=O) groups is 2. The zero-order valence-electron chi connectivity index (χ0n) is 9.95. The van der Waals surface area contributed by atoms with E-state index in [1.54, 1.807) is 6.08 Å². The molecule has 94 valence electrons. The molecule has 0 radical (unpaired) electrons. The Labute approximate surface area is 95.5 Å². The fourth-order valence-electron chi connectivity index (χ4n) is 0.470. The Morgan fingerprint density at radius 1 is 1.50 bits per heavy atom. The van der Waals surface area contributed by atoms with Crippen LogP contribution in [0.1, 0.15) is 20.8 Å². The second-order valence-electron chi connectivity index (χ2n) is 3.77. The van der Waals surface area contributed by atoms with Crippen LogP contribution in [0.15, 0.2) is 12.7 Å². The largest absolute Gasteiger partial charge is 0.480 e. The van der Waals surface area contributed by atoms with Gasteiger partial charge in [0, 0.05) is 6.54 Å². The quantitative estimate of drug-likeness (QED) is 0.622. The molecule has 0 aliphatic rings. The number of aliphatic carboxylic acids is 1. The highest BCUT2D eigenvalue weighted by Crippen LogP contribution is 2.05. The summed E-state index contributed by atoms with van der Waals surface area (Å²) in [6.45, 7) is 9.08. The smallest absolute Gasteiger partial charge is 0.407 e. The van der Waals surface area contributed by atoms with Gasteiger partial charge in [0.15, 0.2) is 0 Å². The fraction of sp³-hybridized carbons (Fsp3) is 0.600. The molecule has 6 heteroatoms. The second-order valence-corrected chi connectivity index (χ2v) is 3.77. The zero-order valence-corrected chi connectivity index (χ0v) is 9.95. The van der Waals surface area contributed by atoms with Crippen molar-refractivity contribution < 1.29 is 19.4 Å². The van der Waals surface area contributed by atoms with Gasteiger partial charge in [-0.15, -0.1) is 6.58 Å². The third-order valence-electron chi connectivity index (χ3n) is 0.964. The van der Waals surface area contributed by atoms with Gasteiger partial charge in [-0.25, -0.2) is 4.79 Å². The Morgan fingerprint density at radius 3 is 2.19 bits per heavy atom. The van der Waals surface area contributed by atoms with E-state index < -0.39 is 17.7 Å². The summed E-state index contributed by atoms with van der Waals surface area (Å²) in [6, 6.07) is 0. The minimum atomic E-state index is -0.968. The maximum absolute atomic E-state index is 10.8. The minimum Gasteiger partial charge on any atom is -0.480 e. The van der Waals surface area contributed by atoms with Gasteiger partial charge < -0.3 is 20.9 Å². The van der Waals surface area contributed by atoms with E-state index in [2.05, 4.69) is 17.6 Å². The van der Waals surface area contributed by atoms with Crippen LogP contribution < -0.4 is 11.1 Å². The molecule has 0 unspecified atom stereocenters. The lowest BCUT2D eigenvalue weighted by atomic mass is 10.2. The first kappa shape index (κ1) is 16.9. The van der Waals surface area contributed by atoms with E-state index in [1.807, 2.05) is 20.8 Å². The van der Waals surface area contributed by atoms with Gasteiger partial charge in [-0.2, -0.15) is 0 Å². The number of amides is 1. The van der Waals surface area contributed by atoms with E-state index >= 15 is 0 Å². The third kappa shape index (κ3) is 18.3. The van der Waals surface area contributed by atoms with Gasteiger partial charge in [-0.05, 0) is 20.8 Å². The SMILES string of the molecule is C=CCNC(=O)OC(C)(C)C.NCC(=O)O. The van der Waals surface area contributed by atoms with E-state index in [0.29, 0.717) is 6.54 Å². The molecule has 0 aromatic heterocycles. The van der Waals surface area contributed by atoms with Gasteiger partial charge in [0.05, 0.1) is 6.54 Å². The molecule has 0 heterocycles. The molecule has 0 aliphatic heterocycles. The van der Waals surface area contributed by atoms with Crippen LogP contribution in [0.4, 0.5) is 4.79 Å². The van der Waals surface area contributed by atoms with E-state index in [4.69, 9.17) is 9.84 Å². The summed E-state index contributed by atoms with van der Waals surface area (Å²) >= 11 is 0. The van der Waals surface area contributed by atoms with Gasteiger partial charge in [-0.3, -0.25) is 4.79 Å². The molecule has 0 spiro atoms. The maximum Gasteiger partial charge on any atom is 0.407 e. The fourth-order valence-corrected chi connectivity index (χ4v) is 0.470. The number of hydrogen-bond donors (Lipinski definition) is 3. The van der Waals surface area contributed by atoms with Gasteiger partial charge in [0.1, 0.15) is 5.60 Å². The summed E-state index contributed by atoms with van der Waals surface area (Å²) in [7, 11) is 0. The Balaban J connectivity index is 0. The molecule has 0 aromatic carbocycles. The molecular weight excluding hydrogens is 212 g/mol. The molecule has 4 N–H and O–H groups in total. The number of hydrogen-bond acceptors (Lipinski definition) is 4. The van der Waals surface area contributed by atoms with Crippen molar-refractivity contribution in [2.45, 2.75) is 26.4 Å². The van der Waals surface area contributed by atoms with Crippen LogP contribution in [0.5, 0.6) is 0 Å². The van der Waals surface area contributed by atoms with E-state index in [0.717, 1.165) is 0 Å². The molecule has 6 nitrogen and oxygen atoms in total. The summed E-state index contributed by atoms with van der Waals surface area (Å²) in [5.74, 6) is -0.968. The molecule has 0 bridgehead atoms. The number of nitrogens with one attached hydrogen (secondary N) is 1.